The van der Waals surface area contributed by atoms with Gasteiger partial charge in [-0.05, 0) is 28.1 Å². The minimum Gasteiger partial charge on any atom is -0.325 e. The van der Waals surface area contributed by atoms with Crippen LogP contribution in [0.25, 0.3) is 11.3 Å². The van der Waals surface area contributed by atoms with E-state index in [4.69, 9.17) is 5.73 Å². The Morgan fingerprint density at radius 1 is 1.40 bits per heavy atom. The molecular formula is C10H11BrN4. The fourth-order valence-corrected chi connectivity index (χ4v) is 2.18. The fraction of sp³-hybridized carbons (Fsp3) is 0.200. The molecule has 0 spiro atoms. The van der Waals surface area contributed by atoms with Gasteiger partial charge in [0, 0.05) is 31.5 Å². The van der Waals surface area contributed by atoms with Gasteiger partial charge in [-0.2, -0.15) is 5.10 Å². The predicted octanol–water partition coefficient (Wildman–Crippen LogP) is 1.70. The summed E-state index contributed by atoms with van der Waals surface area (Å²) in [5.74, 6) is 0. The molecule has 4 nitrogen and oxygen atoms in total. The molecule has 5 heteroatoms. The third-order valence-corrected chi connectivity index (χ3v) is 3.08. The standard InChI is InChI=1S/C10H11BrN4/c1-15-8(6-12)9(11)10(14-15)7-2-4-13-5-3-7/h2-5H,6,12H2,1H3. The van der Waals surface area contributed by atoms with Gasteiger partial charge in [0.2, 0.25) is 0 Å². The van der Waals surface area contributed by atoms with Crippen molar-refractivity contribution in [2.45, 2.75) is 6.54 Å². The lowest BCUT2D eigenvalue weighted by atomic mass is 10.2. The maximum Gasteiger partial charge on any atom is 0.107 e. The summed E-state index contributed by atoms with van der Waals surface area (Å²) in [6.07, 6.45) is 3.50. The lowest BCUT2D eigenvalue weighted by Gasteiger charge is -1.96. The molecule has 0 unspecified atom stereocenters. The number of hydrogen-bond acceptors (Lipinski definition) is 3. The highest BCUT2D eigenvalue weighted by Gasteiger charge is 2.13. The molecule has 2 aromatic heterocycles. The van der Waals surface area contributed by atoms with E-state index in [1.807, 2.05) is 19.2 Å². The van der Waals surface area contributed by atoms with Gasteiger partial charge in [-0.1, -0.05) is 0 Å². The van der Waals surface area contributed by atoms with Crippen LogP contribution in [0.2, 0.25) is 0 Å². The zero-order valence-corrected chi connectivity index (χ0v) is 9.90. The molecule has 78 valence electrons. The maximum absolute atomic E-state index is 5.64. The molecule has 2 heterocycles. The van der Waals surface area contributed by atoms with E-state index in [0.717, 1.165) is 21.4 Å². The van der Waals surface area contributed by atoms with E-state index in [2.05, 4.69) is 26.0 Å². The van der Waals surface area contributed by atoms with Gasteiger partial charge >= 0.3 is 0 Å². The van der Waals surface area contributed by atoms with Crippen molar-refractivity contribution in [2.75, 3.05) is 0 Å². The van der Waals surface area contributed by atoms with E-state index in [1.54, 1.807) is 17.1 Å². The van der Waals surface area contributed by atoms with Crippen LogP contribution in [0.3, 0.4) is 0 Å². The normalized spacial score (nSPS) is 10.6. The monoisotopic (exact) mass is 266 g/mol. The Morgan fingerprint density at radius 2 is 2.07 bits per heavy atom. The molecule has 0 radical (unpaired) electrons. The first kappa shape index (κ1) is 10.3. The molecule has 2 rings (SSSR count). The number of aryl methyl sites for hydroxylation is 1. The molecule has 0 aliphatic carbocycles. The van der Waals surface area contributed by atoms with Crippen molar-refractivity contribution < 1.29 is 0 Å². The summed E-state index contributed by atoms with van der Waals surface area (Å²) in [7, 11) is 1.89. The third-order valence-electron chi connectivity index (χ3n) is 2.25. The third kappa shape index (κ3) is 1.80. The number of rotatable bonds is 2. The van der Waals surface area contributed by atoms with E-state index < -0.39 is 0 Å². The molecule has 0 atom stereocenters. The van der Waals surface area contributed by atoms with Crippen LogP contribution in [0.15, 0.2) is 29.0 Å². The van der Waals surface area contributed by atoms with Gasteiger partial charge < -0.3 is 5.73 Å². The first-order valence-electron chi connectivity index (χ1n) is 4.56. The number of halogens is 1. The SMILES string of the molecule is Cn1nc(-c2ccncc2)c(Br)c1CN. The summed E-state index contributed by atoms with van der Waals surface area (Å²) in [4.78, 5) is 3.98. The largest absolute Gasteiger partial charge is 0.325 e. The Bertz CT molecular complexity index is 464. The number of nitrogens with zero attached hydrogens (tertiary/aromatic N) is 3. The average Bonchev–Trinajstić information content (AvgIpc) is 2.55. The number of nitrogens with two attached hydrogens (primary N) is 1. The second-order valence-corrected chi connectivity index (χ2v) is 3.97. The zero-order valence-electron chi connectivity index (χ0n) is 8.31. The molecule has 0 fully saturated rings. The summed E-state index contributed by atoms with van der Waals surface area (Å²) in [6.45, 7) is 0.467. The lowest BCUT2D eigenvalue weighted by molar-refractivity contribution is 0.713. The number of hydrogen-bond donors (Lipinski definition) is 1. The average molecular weight is 267 g/mol. The second-order valence-electron chi connectivity index (χ2n) is 3.17. The molecule has 0 aliphatic rings. The van der Waals surface area contributed by atoms with Crippen molar-refractivity contribution in [2.24, 2.45) is 12.8 Å². The van der Waals surface area contributed by atoms with Crippen molar-refractivity contribution in [1.29, 1.82) is 0 Å². The minimum absolute atomic E-state index is 0.467. The Balaban J connectivity index is 2.55. The Kier molecular flexibility index (Phi) is 2.83. The van der Waals surface area contributed by atoms with Crippen LogP contribution < -0.4 is 5.73 Å². The topological polar surface area (TPSA) is 56.7 Å². The first-order chi connectivity index (χ1) is 7.24. The van der Waals surface area contributed by atoms with Crippen LogP contribution in [0.5, 0.6) is 0 Å². The van der Waals surface area contributed by atoms with Gasteiger partial charge in [0.1, 0.15) is 5.69 Å². The molecule has 2 aromatic rings. The van der Waals surface area contributed by atoms with Crippen molar-refractivity contribution in [3.05, 3.63) is 34.7 Å². The van der Waals surface area contributed by atoms with Crippen LogP contribution in [-0.4, -0.2) is 14.8 Å². The van der Waals surface area contributed by atoms with Crippen LogP contribution in [-0.2, 0) is 13.6 Å². The quantitative estimate of drug-likeness (QED) is 0.901. The fourth-order valence-electron chi connectivity index (χ4n) is 1.45. The predicted molar refractivity (Wildman–Crippen MR) is 62.0 cm³/mol. The van der Waals surface area contributed by atoms with Gasteiger partial charge in [-0.15, -0.1) is 0 Å². The maximum atomic E-state index is 5.64. The van der Waals surface area contributed by atoms with Crippen molar-refractivity contribution >= 4 is 15.9 Å². The van der Waals surface area contributed by atoms with Crippen LogP contribution in [0.4, 0.5) is 0 Å². The molecule has 2 N–H and O–H groups in total. The van der Waals surface area contributed by atoms with Gasteiger partial charge in [-0.25, -0.2) is 0 Å². The van der Waals surface area contributed by atoms with Gasteiger partial charge in [-0.3, -0.25) is 9.67 Å². The van der Waals surface area contributed by atoms with E-state index in [1.165, 1.54) is 0 Å². The molecule has 0 amide bonds. The summed E-state index contributed by atoms with van der Waals surface area (Å²) in [6, 6.07) is 3.85. The van der Waals surface area contributed by atoms with Crippen LogP contribution in [0.1, 0.15) is 5.69 Å². The van der Waals surface area contributed by atoms with Crippen molar-refractivity contribution in [3.63, 3.8) is 0 Å². The van der Waals surface area contributed by atoms with Crippen LogP contribution >= 0.6 is 15.9 Å². The lowest BCUT2D eigenvalue weighted by Crippen LogP contribution is -2.04. The molecule has 15 heavy (non-hydrogen) atoms. The summed E-state index contributed by atoms with van der Waals surface area (Å²) in [5, 5.41) is 4.41. The zero-order chi connectivity index (χ0) is 10.8. The molecule has 0 saturated carbocycles. The van der Waals surface area contributed by atoms with Crippen molar-refractivity contribution in [1.82, 2.24) is 14.8 Å². The molecular weight excluding hydrogens is 256 g/mol. The Hall–Kier alpha value is -1.20. The van der Waals surface area contributed by atoms with Gasteiger partial charge in [0.25, 0.3) is 0 Å². The first-order valence-corrected chi connectivity index (χ1v) is 5.35. The Labute approximate surface area is 96.3 Å². The molecule has 0 aliphatic heterocycles. The van der Waals surface area contributed by atoms with E-state index in [-0.39, 0.29) is 0 Å². The highest BCUT2D eigenvalue weighted by atomic mass is 79.9. The summed E-state index contributed by atoms with van der Waals surface area (Å²) in [5.41, 5.74) is 8.57. The molecule has 0 saturated heterocycles. The molecule has 0 bridgehead atoms. The van der Waals surface area contributed by atoms with Gasteiger partial charge in [0.15, 0.2) is 0 Å². The Morgan fingerprint density at radius 3 is 2.60 bits per heavy atom. The number of aromatic nitrogens is 3. The molecule has 0 aromatic carbocycles. The van der Waals surface area contributed by atoms with E-state index in [9.17, 15) is 0 Å². The highest BCUT2D eigenvalue weighted by molar-refractivity contribution is 9.10. The summed E-state index contributed by atoms with van der Waals surface area (Å²) >= 11 is 3.52. The van der Waals surface area contributed by atoms with E-state index >= 15 is 0 Å². The minimum atomic E-state index is 0.467. The van der Waals surface area contributed by atoms with Crippen molar-refractivity contribution in [3.8, 4) is 11.3 Å². The second kappa shape index (κ2) is 4.12. The van der Waals surface area contributed by atoms with Gasteiger partial charge in [0.05, 0.1) is 10.2 Å². The van der Waals surface area contributed by atoms with Crippen LogP contribution in [0, 0.1) is 0 Å². The van der Waals surface area contributed by atoms with E-state index in [0.29, 0.717) is 6.54 Å². The number of pyridine rings is 1. The highest BCUT2D eigenvalue weighted by Crippen LogP contribution is 2.29. The summed E-state index contributed by atoms with van der Waals surface area (Å²) < 4.78 is 2.75. The smallest absolute Gasteiger partial charge is 0.107 e.